The molecule has 2 aromatic carbocycles. The molecule has 7 nitrogen and oxygen atoms in total. The van der Waals surface area contributed by atoms with Gasteiger partial charge in [-0.1, -0.05) is 48.0 Å². The van der Waals surface area contributed by atoms with Crippen molar-refractivity contribution in [2.24, 2.45) is 0 Å². The van der Waals surface area contributed by atoms with E-state index >= 15 is 0 Å². The number of urea groups is 1. The number of nitrogens with one attached hydrogen (secondary N) is 2. The average molecular weight is 382 g/mol. The third-order valence-corrected chi connectivity index (χ3v) is 3.93. The van der Waals surface area contributed by atoms with Gasteiger partial charge in [0, 0.05) is 17.7 Å². The standard InChI is InChI=1S/C21H22N2O5/c1-4-22-21(27)23-19(25)14(3)28-20(26)17-8-6-5-7-16(17)18(24)15-11-9-13(2)10-12-15/h5-12,14H,4H2,1-3H3,(H2,22,23,25,27)/t14-/m0/s1. The Labute approximate surface area is 163 Å². The lowest BCUT2D eigenvalue weighted by atomic mass is 9.98. The van der Waals surface area contributed by atoms with Crippen molar-refractivity contribution in [2.75, 3.05) is 6.54 Å². The number of amides is 3. The molecule has 0 saturated carbocycles. The number of benzene rings is 2. The zero-order valence-corrected chi connectivity index (χ0v) is 15.9. The minimum atomic E-state index is -1.21. The summed E-state index contributed by atoms with van der Waals surface area (Å²) in [7, 11) is 0. The molecule has 0 aliphatic heterocycles. The molecule has 2 N–H and O–H groups in total. The molecule has 0 saturated heterocycles. The van der Waals surface area contributed by atoms with Crippen molar-refractivity contribution in [3.8, 4) is 0 Å². The lowest BCUT2D eigenvalue weighted by molar-refractivity contribution is -0.127. The predicted octanol–water partition coefficient (Wildman–Crippen LogP) is 2.62. The quantitative estimate of drug-likeness (QED) is 0.591. The maximum Gasteiger partial charge on any atom is 0.339 e. The number of aryl methyl sites for hydroxylation is 1. The van der Waals surface area contributed by atoms with Crippen molar-refractivity contribution in [1.82, 2.24) is 10.6 Å². The number of carbonyl (C=O) groups is 4. The van der Waals surface area contributed by atoms with Crippen LogP contribution in [-0.4, -0.2) is 36.3 Å². The number of esters is 1. The first kappa shape index (κ1) is 20.8. The van der Waals surface area contributed by atoms with Crippen molar-refractivity contribution in [2.45, 2.75) is 26.9 Å². The van der Waals surface area contributed by atoms with Gasteiger partial charge in [-0.15, -0.1) is 0 Å². The van der Waals surface area contributed by atoms with E-state index in [0.717, 1.165) is 5.56 Å². The van der Waals surface area contributed by atoms with Crippen molar-refractivity contribution in [3.05, 3.63) is 70.8 Å². The second kappa shape index (κ2) is 9.45. The first-order valence-electron chi connectivity index (χ1n) is 8.83. The Hall–Kier alpha value is -3.48. The van der Waals surface area contributed by atoms with Crippen LogP contribution in [0.1, 0.15) is 45.7 Å². The molecule has 0 aliphatic rings. The van der Waals surface area contributed by atoms with Crippen LogP contribution < -0.4 is 10.6 Å². The highest BCUT2D eigenvalue weighted by atomic mass is 16.5. The Balaban J connectivity index is 2.16. The van der Waals surface area contributed by atoms with E-state index in [9.17, 15) is 19.2 Å². The molecule has 0 spiro atoms. The summed E-state index contributed by atoms with van der Waals surface area (Å²) in [5.41, 5.74) is 1.67. The van der Waals surface area contributed by atoms with Gasteiger partial charge in [0.15, 0.2) is 11.9 Å². The van der Waals surface area contributed by atoms with Crippen LogP contribution in [0.2, 0.25) is 0 Å². The largest absolute Gasteiger partial charge is 0.449 e. The Kier molecular flexibility index (Phi) is 7.03. The van der Waals surface area contributed by atoms with Gasteiger partial charge in [0.05, 0.1) is 5.56 Å². The molecule has 0 heterocycles. The van der Waals surface area contributed by atoms with Crippen LogP contribution >= 0.6 is 0 Å². The molecule has 146 valence electrons. The third kappa shape index (κ3) is 5.26. The van der Waals surface area contributed by atoms with E-state index < -0.39 is 24.0 Å². The average Bonchev–Trinajstić information content (AvgIpc) is 2.68. The molecule has 0 unspecified atom stereocenters. The maximum absolute atomic E-state index is 12.8. The zero-order chi connectivity index (χ0) is 20.7. The van der Waals surface area contributed by atoms with Crippen molar-refractivity contribution in [1.29, 1.82) is 0 Å². The highest BCUT2D eigenvalue weighted by Gasteiger charge is 2.24. The normalized spacial score (nSPS) is 11.2. The highest BCUT2D eigenvalue weighted by Crippen LogP contribution is 2.17. The first-order valence-corrected chi connectivity index (χ1v) is 8.83. The molecule has 1 atom stereocenters. The smallest absolute Gasteiger partial charge is 0.339 e. The molecule has 0 radical (unpaired) electrons. The summed E-state index contributed by atoms with van der Waals surface area (Å²) in [6, 6.07) is 12.5. The van der Waals surface area contributed by atoms with E-state index in [1.54, 1.807) is 31.2 Å². The SMILES string of the molecule is CCNC(=O)NC(=O)[C@H](C)OC(=O)c1ccccc1C(=O)c1ccc(C)cc1. The van der Waals surface area contributed by atoms with Crippen LogP contribution in [0.25, 0.3) is 0 Å². The number of imide groups is 1. The van der Waals surface area contributed by atoms with E-state index in [-0.39, 0.29) is 16.9 Å². The van der Waals surface area contributed by atoms with E-state index in [1.807, 2.05) is 19.1 Å². The van der Waals surface area contributed by atoms with Crippen molar-refractivity contribution >= 4 is 23.7 Å². The van der Waals surface area contributed by atoms with E-state index in [2.05, 4.69) is 10.6 Å². The van der Waals surface area contributed by atoms with Crippen LogP contribution in [0.15, 0.2) is 48.5 Å². The Morgan fingerprint density at radius 1 is 0.964 bits per heavy atom. The van der Waals surface area contributed by atoms with Gasteiger partial charge in [-0.25, -0.2) is 9.59 Å². The number of hydrogen-bond donors (Lipinski definition) is 2. The molecule has 28 heavy (non-hydrogen) atoms. The Morgan fingerprint density at radius 2 is 1.57 bits per heavy atom. The van der Waals surface area contributed by atoms with Gasteiger partial charge in [0.1, 0.15) is 0 Å². The van der Waals surface area contributed by atoms with Gasteiger partial charge in [-0.3, -0.25) is 14.9 Å². The summed E-state index contributed by atoms with van der Waals surface area (Å²) < 4.78 is 5.14. The van der Waals surface area contributed by atoms with Crippen molar-refractivity contribution in [3.63, 3.8) is 0 Å². The summed E-state index contributed by atoms with van der Waals surface area (Å²) >= 11 is 0. The molecule has 3 amide bonds. The summed E-state index contributed by atoms with van der Waals surface area (Å²) in [5.74, 6) is -1.91. The predicted molar refractivity (Wildman–Crippen MR) is 103 cm³/mol. The molecule has 0 bridgehead atoms. The fourth-order valence-electron chi connectivity index (χ4n) is 2.42. The summed E-state index contributed by atoms with van der Waals surface area (Å²) in [5, 5.41) is 4.48. The molecule has 0 aromatic heterocycles. The van der Waals surface area contributed by atoms with Gasteiger partial charge >= 0.3 is 12.0 Å². The molecule has 7 heteroatoms. The van der Waals surface area contributed by atoms with Gasteiger partial charge in [-0.05, 0) is 26.8 Å². The summed E-state index contributed by atoms with van der Waals surface area (Å²) in [6.07, 6.45) is -1.21. The van der Waals surface area contributed by atoms with Crippen molar-refractivity contribution < 1.29 is 23.9 Å². The second-order valence-corrected chi connectivity index (χ2v) is 6.14. The molecule has 0 fully saturated rings. The van der Waals surface area contributed by atoms with Crippen LogP contribution in [-0.2, 0) is 9.53 Å². The minimum Gasteiger partial charge on any atom is -0.449 e. The molecule has 2 aromatic rings. The minimum absolute atomic E-state index is 0.0470. The molecule has 0 aliphatic carbocycles. The molecule has 2 rings (SSSR count). The number of ether oxygens (including phenoxy) is 1. The first-order chi connectivity index (χ1) is 13.3. The van der Waals surface area contributed by atoms with Gasteiger partial charge in [0.2, 0.25) is 0 Å². The van der Waals surface area contributed by atoms with Crippen LogP contribution in [0.5, 0.6) is 0 Å². The highest BCUT2D eigenvalue weighted by molar-refractivity contribution is 6.14. The zero-order valence-electron chi connectivity index (χ0n) is 15.9. The second-order valence-electron chi connectivity index (χ2n) is 6.14. The van der Waals surface area contributed by atoms with Gasteiger partial charge in [0.25, 0.3) is 5.91 Å². The topological polar surface area (TPSA) is 102 Å². The molecular weight excluding hydrogens is 360 g/mol. The summed E-state index contributed by atoms with van der Waals surface area (Å²) in [6.45, 7) is 5.31. The maximum atomic E-state index is 12.8. The van der Waals surface area contributed by atoms with Crippen LogP contribution in [0.3, 0.4) is 0 Å². The van der Waals surface area contributed by atoms with Gasteiger partial charge < -0.3 is 10.1 Å². The fourth-order valence-corrected chi connectivity index (χ4v) is 2.42. The van der Waals surface area contributed by atoms with E-state index in [4.69, 9.17) is 4.74 Å². The number of rotatable bonds is 6. The van der Waals surface area contributed by atoms with E-state index in [0.29, 0.717) is 12.1 Å². The summed E-state index contributed by atoms with van der Waals surface area (Å²) in [4.78, 5) is 48.7. The monoisotopic (exact) mass is 382 g/mol. The van der Waals surface area contributed by atoms with Gasteiger partial charge in [-0.2, -0.15) is 0 Å². The van der Waals surface area contributed by atoms with E-state index in [1.165, 1.54) is 19.1 Å². The number of hydrogen-bond acceptors (Lipinski definition) is 5. The van der Waals surface area contributed by atoms with Crippen LogP contribution in [0.4, 0.5) is 4.79 Å². The lowest BCUT2D eigenvalue weighted by Gasteiger charge is -2.14. The Morgan fingerprint density at radius 3 is 2.18 bits per heavy atom. The number of ketones is 1. The third-order valence-electron chi connectivity index (χ3n) is 3.93. The Bertz CT molecular complexity index is 890. The fraction of sp³-hybridized carbons (Fsp3) is 0.238. The molecular formula is C21H22N2O5. The van der Waals surface area contributed by atoms with Crippen LogP contribution in [0, 0.1) is 6.92 Å². The lowest BCUT2D eigenvalue weighted by Crippen LogP contribution is -2.44. The number of carbonyl (C=O) groups excluding carboxylic acids is 4.